The van der Waals surface area contributed by atoms with Crippen molar-refractivity contribution >= 4 is 0 Å². The second-order valence-electron chi connectivity index (χ2n) is 4.78. The second-order valence-corrected chi connectivity index (χ2v) is 4.78. The number of hydrogen-bond acceptors (Lipinski definition) is 1. The van der Waals surface area contributed by atoms with Crippen LogP contribution < -0.4 is 0 Å². The van der Waals surface area contributed by atoms with Crippen LogP contribution in [0.2, 0.25) is 0 Å². The van der Waals surface area contributed by atoms with Gasteiger partial charge >= 0.3 is 0 Å². The number of imidazole rings is 1. The quantitative estimate of drug-likeness (QED) is 0.579. The van der Waals surface area contributed by atoms with Crippen LogP contribution in [0.4, 0.5) is 0 Å². The molecule has 22 heavy (non-hydrogen) atoms. The van der Waals surface area contributed by atoms with Crippen LogP contribution in [0.3, 0.4) is 0 Å². The molecular formula is C20H14N2. The molecule has 0 amide bonds. The van der Waals surface area contributed by atoms with Crippen molar-refractivity contribution in [2.24, 2.45) is 7.05 Å². The first-order valence-electron chi connectivity index (χ1n) is 6.98. The van der Waals surface area contributed by atoms with Gasteiger partial charge in [-0.2, -0.15) is 0 Å². The molecule has 0 saturated heterocycles. The highest BCUT2D eigenvalue weighted by Crippen LogP contribution is 2.05. The molecular weight excluding hydrogens is 268 g/mol. The van der Waals surface area contributed by atoms with Crippen molar-refractivity contribution in [3.8, 4) is 23.7 Å². The third-order valence-electron chi connectivity index (χ3n) is 3.14. The lowest BCUT2D eigenvalue weighted by molar-refractivity contribution is 0.899. The number of nitrogens with zero attached hydrogens (tertiary/aromatic N) is 2. The smallest absolute Gasteiger partial charge is 0.147 e. The van der Waals surface area contributed by atoms with E-state index < -0.39 is 0 Å². The van der Waals surface area contributed by atoms with Gasteiger partial charge in [0.1, 0.15) is 11.4 Å². The average Bonchev–Trinajstić information content (AvgIpc) is 2.93. The molecule has 2 aromatic carbocycles. The Morgan fingerprint density at radius 3 is 1.86 bits per heavy atom. The highest BCUT2D eigenvalue weighted by atomic mass is 15.0. The van der Waals surface area contributed by atoms with Gasteiger partial charge < -0.3 is 4.57 Å². The summed E-state index contributed by atoms with van der Waals surface area (Å²) in [7, 11) is 1.93. The van der Waals surface area contributed by atoms with E-state index in [2.05, 4.69) is 28.7 Å². The molecule has 3 rings (SSSR count). The van der Waals surface area contributed by atoms with E-state index in [4.69, 9.17) is 0 Å². The predicted molar refractivity (Wildman–Crippen MR) is 88.1 cm³/mol. The Bertz CT molecular complexity index is 883. The van der Waals surface area contributed by atoms with Crippen LogP contribution in [0, 0.1) is 23.7 Å². The van der Waals surface area contributed by atoms with Gasteiger partial charge in [0.2, 0.25) is 0 Å². The molecule has 0 aliphatic rings. The molecule has 0 spiro atoms. The largest absolute Gasteiger partial charge is 0.326 e. The highest BCUT2D eigenvalue weighted by Gasteiger charge is 2.03. The van der Waals surface area contributed by atoms with Gasteiger partial charge in [-0.05, 0) is 36.1 Å². The Morgan fingerprint density at radius 1 is 0.727 bits per heavy atom. The standard InChI is InChI=1S/C20H14N2/c1-22-16-21-19(14-12-17-8-4-2-5-9-17)20(22)15-13-18-10-6-3-7-11-18/h2-11,16H,1H3. The Morgan fingerprint density at radius 2 is 1.27 bits per heavy atom. The maximum absolute atomic E-state index is 4.33. The van der Waals surface area contributed by atoms with Gasteiger partial charge in [-0.3, -0.25) is 0 Å². The van der Waals surface area contributed by atoms with E-state index >= 15 is 0 Å². The molecule has 0 unspecified atom stereocenters. The van der Waals surface area contributed by atoms with Crippen molar-refractivity contribution in [3.05, 3.63) is 89.5 Å². The van der Waals surface area contributed by atoms with Gasteiger partial charge in [-0.1, -0.05) is 48.2 Å². The van der Waals surface area contributed by atoms with E-state index in [-0.39, 0.29) is 0 Å². The van der Waals surface area contributed by atoms with Crippen molar-refractivity contribution in [2.45, 2.75) is 0 Å². The number of rotatable bonds is 0. The summed E-state index contributed by atoms with van der Waals surface area (Å²) >= 11 is 0. The van der Waals surface area contributed by atoms with Gasteiger partial charge in [0.05, 0.1) is 6.33 Å². The number of aryl methyl sites for hydroxylation is 1. The topological polar surface area (TPSA) is 17.8 Å². The first-order chi connectivity index (χ1) is 10.8. The van der Waals surface area contributed by atoms with Crippen molar-refractivity contribution in [2.75, 3.05) is 0 Å². The molecule has 1 aromatic heterocycles. The third kappa shape index (κ3) is 3.26. The Labute approximate surface area is 130 Å². The van der Waals surface area contributed by atoms with Crippen LogP contribution >= 0.6 is 0 Å². The molecule has 0 saturated carbocycles. The second kappa shape index (κ2) is 6.48. The van der Waals surface area contributed by atoms with E-state index in [9.17, 15) is 0 Å². The summed E-state index contributed by atoms with van der Waals surface area (Å²) in [4.78, 5) is 4.33. The zero-order valence-electron chi connectivity index (χ0n) is 12.2. The average molecular weight is 282 g/mol. The Balaban J connectivity index is 1.93. The lowest BCUT2D eigenvalue weighted by Crippen LogP contribution is -1.91. The van der Waals surface area contributed by atoms with Gasteiger partial charge in [-0.25, -0.2) is 4.98 Å². The van der Waals surface area contributed by atoms with Crippen LogP contribution in [0.25, 0.3) is 0 Å². The van der Waals surface area contributed by atoms with Crippen LogP contribution in [-0.4, -0.2) is 9.55 Å². The molecule has 2 nitrogen and oxygen atoms in total. The normalized spacial score (nSPS) is 9.32. The minimum absolute atomic E-state index is 0.704. The molecule has 3 aromatic rings. The van der Waals surface area contributed by atoms with E-state index in [1.165, 1.54) is 0 Å². The third-order valence-corrected chi connectivity index (χ3v) is 3.14. The Hall–Kier alpha value is -3.23. The summed E-state index contributed by atoms with van der Waals surface area (Å²) in [6, 6.07) is 19.8. The molecule has 0 aliphatic heterocycles. The summed E-state index contributed by atoms with van der Waals surface area (Å²) in [5.74, 6) is 12.5. The lowest BCUT2D eigenvalue weighted by atomic mass is 10.2. The predicted octanol–water partition coefficient (Wildman–Crippen LogP) is 3.22. The summed E-state index contributed by atoms with van der Waals surface area (Å²) in [5, 5.41) is 0. The summed E-state index contributed by atoms with van der Waals surface area (Å²) < 4.78 is 1.89. The SMILES string of the molecule is Cn1cnc(C#Cc2ccccc2)c1C#Cc1ccccc1. The molecule has 104 valence electrons. The molecule has 0 fully saturated rings. The van der Waals surface area contributed by atoms with Gasteiger partial charge in [0.15, 0.2) is 0 Å². The first-order valence-corrected chi connectivity index (χ1v) is 6.98. The maximum Gasteiger partial charge on any atom is 0.147 e. The van der Waals surface area contributed by atoms with Crippen LogP contribution in [0.1, 0.15) is 22.5 Å². The molecule has 0 N–H and O–H groups in total. The zero-order chi connectivity index (χ0) is 15.2. The zero-order valence-corrected chi connectivity index (χ0v) is 12.2. The van der Waals surface area contributed by atoms with Gasteiger partial charge in [0.25, 0.3) is 0 Å². The molecule has 0 bridgehead atoms. The summed E-state index contributed by atoms with van der Waals surface area (Å²) in [5.41, 5.74) is 3.47. The van der Waals surface area contributed by atoms with Crippen LogP contribution in [0.5, 0.6) is 0 Å². The van der Waals surface area contributed by atoms with Crippen molar-refractivity contribution < 1.29 is 0 Å². The first kappa shape index (κ1) is 13.7. The number of hydrogen-bond donors (Lipinski definition) is 0. The molecule has 0 atom stereocenters. The Kier molecular flexibility index (Phi) is 4.05. The highest BCUT2D eigenvalue weighted by molar-refractivity contribution is 5.49. The van der Waals surface area contributed by atoms with Crippen LogP contribution in [0.15, 0.2) is 67.0 Å². The van der Waals surface area contributed by atoms with E-state index in [1.54, 1.807) is 6.33 Å². The van der Waals surface area contributed by atoms with E-state index in [1.807, 2.05) is 72.3 Å². The van der Waals surface area contributed by atoms with Gasteiger partial charge in [0, 0.05) is 18.2 Å². The monoisotopic (exact) mass is 282 g/mol. The molecule has 2 heteroatoms. The summed E-state index contributed by atoms with van der Waals surface area (Å²) in [6.07, 6.45) is 1.74. The number of aromatic nitrogens is 2. The fourth-order valence-corrected chi connectivity index (χ4v) is 1.97. The van der Waals surface area contributed by atoms with E-state index in [0.29, 0.717) is 5.69 Å². The minimum Gasteiger partial charge on any atom is -0.326 e. The lowest BCUT2D eigenvalue weighted by Gasteiger charge is -1.93. The van der Waals surface area contributed by atoms with E-state index in [0.717, 1.165) is 16.8 Å². The number of benzene rings is 2. The van der Waals surface area contributed by atoms with Crippen molar-refractivity contribution in [3.63, 3.8) is 0 Å². The van der Waals surface area contributed by atoms with Crippen molar-refractivity contribution in [1.29, 1.82) is 0 Å². The molecule has 0 radical (unpaired) electrons. The fourth-order valence-electron chi connectivity index (χ4n) is 1.97. The maximum atomic E-state index is 4.33. The summed E-state index contributed by atoms with van der Waals surface area (Å²) in [6.45, 7) is 0. The van der Waals surface area contributed by atoms with Gasteiger partial charge in [-0.15, -0.1) is 0 Å². The minimum atomic E-state index is 0.704. The molecule has 0 aliphatic carbocycles. The fraction of sp³-hybridized carbons (Fsp3) is 0.0500. The van der Waals surface area contributed by atoms with Crippen molar-refractivity contribution in [1.82, 2.24) is 9.55 Å². The van der Waals surface area contributed by atoms with Crippen LogP contribution in [-0.2, 0) is 7.05 Å². The molecule has 1 heterocycles.